The van der Waals surface area contributed by atoms with Crippen LogP contribution in [0, 0.1) is 11.8 Å². The van der Waals surface area contributed by atoms with Gasteiger partial charge in [0.1, 0.15) is 12.2 Å². The second kappa shape index (κ2) is 6.70. The van der Waals surface area contributed by atoms with E-state index < -0.39 is 0 Å². The average Bonchev–Trinajstić information content (AvgIpc) is 2.63. The summed E-state index contributed by atoms with van der Waals surface area (Å²) in [5.41, 5.74) is 0.210. The molecule has 114 valence electrons. The number of aromatic nitrogens is 3. The molecule has 1 saturated carbocycles. The largest absolute Gasteiger partial charge is 0.312 e. The highest BCUT2D eigenvalue weighted by Gasteiger charge is 2.26. The maximum absolute atomic E-state index is 4.42. The lowest BCUT2D eigenvalue weighted by molar-refractivity contribution is 0.265. The molecule has 0 bridgehead atoms. The van der Waals surface area contributed by atoms with Crippen molar-refractivity contribution in [2.24, 2.45) is 18.9 Å². The number of nitrogens with zero attached hydrogens (tertiary/aromatic N) is 3. The minimum atomic E-state index is 0.210. The third-order valence-electron chi connectivity index (χ3n) is 4.46. The van der Waals surface area contributed by atoms with Crippen LogP contribution in [0.1, 0.15) is 58.7 Å². The molecule has 1 aliphatic carbocycles. The fraction of sp³-hybridized carbons (Fsp3) is 0.875. The summed E-state index contributed by atoms with van der Waals surface area (Å²) in [7, 11) is 2.00. The van der Waals surface area contributed by atoms with Gasteiger partial charge in [0.25, 0.3) is 0 Å². The molecule has 1 aromatic heterocycles. The van der Waals surface area contributed by atoms with Gasteiger partial charge in [-0.05, 0) is 52.0 Å². The molecular formula is C16H30N4. The molecule has 1 fully saturated rings. The van der Waals surface area contributed by atoms with E-state index in [9.17, 15) is 0 Å². The molecule has 20 heavy (non-hydrogen) atoms. The Bertz CT molecular complexity index is 405. The van der Waals surface area contributed by atoms with Crippen LogP contribution in [0.4, 0.5) is 0 Å². The predicted molar refractivity (Wildman–Crippen MR) is 82.5 cm³/mol. The maximum atomic E-state index is 4.42. The van der Waals surface area contributed by atoms with Crippen LogP contribution in [0.5, 0.6) is 0 Å². The molecule has 2 rings (SSSR count). The van der Waals surface area contributed by atoms with Crippen molar-refractivity contribution >= 4 is 0 Å². The zero-order valence-electron chi connectivity index (χ0n) is 13.5. The second-order valence-corrected chi connectivity index (χ2v) is 7.29. The van der Waals surface area contributed by atoms with Crippen LogP contribution in [-0.4, -0.2) is 26.8 Å². The van der Waals surface area contributed by atoms with E-state index >= 15 is 0 Å². The number of rotatable bonds is 4. The van der Waals surface area contributed by atoms with Crippen LogP contribution in [0.25, 0.3) is 0 Å². The van der Waals surface area contributed by atoms with Crippen molar-refractivity contribution in [2.75, 3.05) is 6.54 Å². The van der Waals surface area contributed by atoms with E-state index in [1.54, 1.807) is 6.33 Å². The molecule has 2 atom stereocenters. The first-order valence-corrected chi connectivity index (χ1v) is 8.03. The molecule has 0 saturated heterocycles. The molecular weight excluding hydrogens is 248 g/mol. The lowest BCUT2D eigenvalue weighted by atomic mass is 9.84. The van der Waals surface area contributed by atoms with Crippen LogP contribution >= 0.6 is 0 Å². The Labute approximate surface area is 123 Å². The van der Waals surface area contributed by atoms with Gasteiger partial charge in [0.2, 0.25) is 0 Å². The highest BCUT2D eigenvalue weighted by molar-refractivity contribution is 4.90. The van der Waals surface area contributed by atoms with E-state index in [2.05, 4.69) is 36.2 Å². The van der Waals surface area contributed by atoms with Crippen molar-refractivity contribution in [3.8, 4) is 0 Å². The van der Waals surface area contributed by atoms with Crippen LogP contribution in [0.3, 0.4) is 0 Å². The monoisotopic (exact) mass is 278 g/mol. The number of hydrogen-bond donors (Lipinski definition) is 1. The predicted octanol–water partition coefficient (Wildman–Crippen LogP) is 2.94. The molecule has 1 aliphatic rings. The Morgan fingerprint density at radius 1 is 1.20 bits per heavy atom. The molecule has 4 heteroatoms. The molecule has 0 amide bonds. The highest BCUT2D eigenvalue weighted by Crippen LogP contribution is 2.31. The Morgan fingerprint density at radius 2 is 1.90 bits per heavy atom. The smallest absolute Gasteiger partial charge is 0.138 e. The molecule has 1 aromatic rings. The van der Waals surface area contributed by atoms with Crippen LogP contribution in [0.2, 0.25) is 0 Å². The lowest BCUT2D eigenvalue weighted by Gasteiger charge is -2.29. The fourth-order valence-electron chi connectivity index (χ4n) is 3.18. The van der Waals surface area contributed by atoms with E-state index in [0.29, 0.717) is 0 Å². The lowest BCUT2D eigenvalue weighted by Crippen LogP contribution is -2.41. The molecule has 1 N–H and O–H groups in total. The molecule has 1 heterocycles. The summed E-state index contributed by atoms with van der Waals surface area (Å²) in [6.07, 6.45) is 9.58. The standard InChI is InChI=1S/C16H30N4/c1-16(2,3)18-11-14-9-7-5-6-8-13(14)10-15-17-12-19-20(15)4/h12-14,18H,5-11H2,1-4H3. The highest BCUT2D eigenvalue weighted by atomic mass is 15.3. The zero-order chi connectivity index (χ0) is 14.6. The van der Waals surface area contributed by atoms with Gasteiger partial charge in [0, 0.05) is 19.0 Å². The number of nitrogens with one attached hydrogen (secondary N) is 1. The minimum Gasteiger partial charge on any atom is -0.312 e. The van der Waals surface area contributed by atoms with Crippen molar-refractivity contribution in [2.45, 2.75) is 64.8 Å². The maximum Gasteiger partial charge on any atom is 0.138 e. The molecule has 2 unspecified atom stereocenters. The number of aryl methyl sites for hydroxylation is 1. The van der Waals surface area contributed by atoms with Gasteiger partial charge < -0.3 is 5.32 Å². The van der Waals surface area contributed by atoms with Gasteiger partial charge in [-0.2, -0.15) is 5.10 Å². The Hall–Kier alpha value is -0.900. The summed E-state index contributed by atoms with van der Waals surface area (Å²) >= 11 is 0. The summed E-state index contributed by atoms with van der Waals surface area (Å²) in [5, 5.41) is 7.91. The van der Waals surface area contributed by atoms with E-state index in [0.717, 1.165) is 30.6 Å². The first kappa shape index (κ1) is 15.5. The van der Waals surface area contributed by atoms with Crippen LogP contribution < -0.4 is 5.32 Å². The number of hydrogen-bond acceptors (Lipinski definition) is 3. The first-order chi connectivity index (χ1) is 9.46. The van der Waals surface area contributed by atoms with Crippen molar-refractivity contribution in [3.05, 3.63) is 12.2 Å². The van der Waals surface area contributed by atoms with Gasteiger partial charge in [-0.1, -0.05) is 19.3 Å². The molecule has 0 spiro atoms. The summed E-state index contributed by atoms with van der Waals surface area (Å²) in [6, 6.07) is 0. The summed E-state index contributed by atoms with van der Waals surface area (Å²) in [5.74, 6) is 2.65. The van der Waals surface area contributed by atoms with Gasteiger partial charge in [0.15, 0.2) is 0 Å². The molecule has 0 radical (unpaired) electrons. The normalized spacial score (nSPS) is 24.6. The quantitative estimate of drug-likeness (QED) is 0.861. The molecule has 4 nitrogen and oxygen atoms in total. The van der Waals surface area contributed by atoms with E-state index in [1.165, 1.54) is 32.1 Å². The first-order valence-electron chi connectivity index (χ1n) is 8.03. The summed E-state index contributed by atoms with van der Waals surface area (Å²) in [4.78, 5) is 4.42. The van der Waals surface area contributed by atoms with Gasteiger partial charge in [-0.25, -0.2) is 4.98 Å². The molecule has 0 aromatic carbocycles. The topological polar surface area (TPSA) is 42.7 Å². The van der Waals surface area contributed by atoms with E-state index in [1.807, 2.05) is 11.7 Å². The van der Waals surface area contributed by atoms with Crippen LogP contribution in [0.15, 0.2) is 6.33 Å². The van der Waals surface area contributed by atoms with Gasteiger partial charge >= 0.3 is 0 Å². The average molecular weight is 278 g/mol. The third-order valence-corrected chi connectivity index (χ3v) is 4.46. The SMILES string of the molecule is Cn1ncnc1CC1CCCCCC1CNC(C)(C)C. The third kappa shape index (κ3) is 4.58. The van der Waals surface area contributed by atoms with Crippen molar-refractivity contribution in [3.63, 3.8) is 0 Å². The minimum absolute atomic E-state index is 0.210. The van der Waals surface area contributed by atoms with Gasteiger partial charge in [-0.15, -0.1) is 0 Å². The van der Waals surface area contributed by atoms with E-state index in [4.69, 9.17) is 0 Å². The Kier molecular flexibility index (Phi) is 5.19. The summed E-state index contributed by atoms with van der Waals surface area (Å²) in [6.45, 7) is 7.89. The second-order valence-electron chi connectivity index (χ2n) is 7.29. The summed E-state index contributed by atoms with van der Waals surface area (Å²) < 4.78 is 1.93. The van der Waals surface area contributed by atoms with Crippen molar-refractivity contribution < 1.29 is 0 Å². The molecule has 0 aliphatic heterocycles. The van der Waals surface area contributed by atoms with Crippen molar-refractivity contribution in [1.29, 1.82) is 0 Å². The van der Waals surface area contributed by atoms with Crippen LogP contribution in [-0.2, 0) is 13.5 Å². The van der Waals surface area contributed by atoms with Gasteiger partial charge in [-0.3, -0.25) is 4.68 Å². The fourth-order valence-corrected chi connectivity index (χ4v) is 3.18. The van der Waals surface area contributed by atoms with Crippen molar-refractivity contribution in [1.82, 2.24) is 20.1 Å². The van der Waals surface area contributed by atoms with Gasteiger partial charge in [0.05, 0.1) is 0 Å². The van der Waals surface area contributed by atoms with E-state index in [-0.39, 0.29) is 5.54 Å². The zero-order valence-corrected chi connectivity index (χ0v) is 13.5. The Balaban J connectivity index is 1.99. The Morgan fingerprint density at radius 3 is 2.50 bits per heavy atom.